The van der Waals surface area contributed by atoms with E-state index in [1.165, 1.54) is 14.0 Å². The average molecular weight is 393 g/mol. The second kappa shape index (κ2) is 5.46. The molecule has 0 aliphatic heterocycles. The monoisotopic (exact) mass is 392 g/mol. The quantitative estimate of drug-likeness (QED) is 0.507. The van der Waals surface area contributed by atoms with Crippen LogP contribution in [-0.4, -0.2) is 0 Å². The summed E-state index contributed by atoms with van der Waals surface area (Å²) in [7, 11) is 0. The molecule has 0 radical (unpaired) electrons. The van der Waals surface area contributed by atoms with Gasteiger partial charge >= 0.3 is 0 Å². The van der Waals surface area contributed by atoms with Crippen molar-refractivity contribution in [3.8, 4) is 0 Å². The van der Waals surface area contributed by atoms with Gasteiger partial charge in [-0.3, -0.25) is 0 Å². The van der Waals surface area contributed by atoms with Gasteiger partial charge in [0.15, 0.2) is 0 Å². The van der Waals surface area contributed by atoms with Gasteiger partial charge in [0.1, 0.15) is 0 Å². The molecule has 1 atom stereocenters. The molecule has 0 aliphatic rings. The molecule has 0 aliphatic carbocycles. The Morgan fingerprint density at radius 2 is 1.93 bits per heavy atom. The first-order chi connectivity index (χ1) is 7.25. The van der Waals surface area contributed by atoms with E-state index < -0.39 is 0 Å². The zero-order valence-electron chi connectivity index (χ0n) is 7.99. The molecule has 0 bridgehead atoms. The second-order valence-electron chi connectivity index (χ2n) is 3.30. The summed E-state index contributed by atoms with van der Waals surface area (Å²) in [5.41, 5.74) is 1.35. The van der Waals surface area contributed by atoms with Gasteiger partial charge in [0.2, 0.25) is 0 Å². The van der Waals surface area contributed by atoms with Gasteiger partial charge in [0.25, 0.3) is 0 Å². The lowest BCUT2D eigenvalue weighted by Crippen LogP contribution is -1.93. The molecule has 0 amide bonds. The van der Waals surface area contributed by atoms with E-state index >= 15 is 0 Å². The first-order valence-corrected chi connectivity index (χ1v) is 7.55. The summed E-state index contributed by atoms with van der Waals surface area (Å²) in [5, 5.41) is 2.13. The van der Waals surface area contributed by atoms with Gasteiger partial charge in [0.05, 0.1) is 0 Å². The summed E-state index contributed by atoms with van der Waals surface area (Å²) in [4.78, 5) is 1.85. The Balaban J connectivity index is 2.08. The van der Waals surface area contributed by atoms with Crippen molar-refractivity contribution in [3.63, 3.8) is 0 Å². The third-order valence-corrected chi connectivity index (χ3v) is 4.66. The fraction of sp³-hybridized carbons (Fsp3) is 0.167. The van der Waals surface area contributed by atoms with Crippen LogP contribution in [0.5, 0.6) is 0 Å². The Hall–Kier alpha value is 0.130. The molecule has 0 fully saturated rings. The molecular formula is C12H10BrIS. The highest BCUT2D eigenvalue weighted by atomic mass is 127. The second-order valence-corrected chi connectivity index (χ2v) is 6.69. The molecule has 0 N–H and O–H groups in total. The predicted octanol–water partition coefficient (Wildman–Crippen LogP) is 5.03. The molecular weight excluding hydrogens is 383 g/mol. The smallest absolute Gasteiger partial charge is 0.0443 e. The van der Waals surface area contributed by atoms with Crippen molar-refractivity contribution in [3.05, 3.63) is 55.8 Å². The van der Waals surface area contributed by atoms with Crippen LogP contribution >= 0.6 is 49.9 Å². The highest BCUT2D eigenvalue weighted by Gasteiger charge is 2.08. The fourth-order valence-corrected chi connectivity index (χ4v) is 3.37. The van der Waals surface area contributed by atoms with E-state index in [9.17, 15) is 0 Å². The minimum atomic E-state index is 0.424. The van der Waals surface area contributed by atoms with Crippen LogP contribution < -0.4 is 0 Å². The van der Waals surface area contributed by atoms with Crippen molar-refractivity contribution in [2.75, 3.05) is 0 Å². The van der Waals surface area contributed by atoms with E-state index in [1.54, 1.807) is 0 Å². The molecule has 3 heteroatoms. The summed E-state index contributed by atoms with van der Waals surface area (Å²) in [5.74, 6) is 0. The molecule has 0 nitrogen and oxygen atoms in total. The minimum absolute atomic E-state index is 0.424. The SMILES string of the molecule is BrC(Cc1cccs1)c1ccc(I)cc1. The van der Waals surface area contributed by atoms with Crippen molar-refractivity contribution in [1.29, 1.82) is 0 Å². The van der Waals surface area contributed by atoms with E-state index in [2.05, 4.69) is 80.3 Å². The predicted molar refractivity (Wildman–Crippen MR) is 78.9 cm³/mol. The standard InChI is InChI=1S/C12H10BrIS/c13-12(8-11-2-1-7-15-11)9-3-5-10(14)6-4-9/h1-7,12H,8H2. The van der Waals surface area contributed by atoms with E-state index in [0.717, 1.165) is 6.42 Å². The van der Waals surface area contributed by atoms with Crippen molar-refractivity contribution in [2.24, 2.45) is 0 Å². The topological polar surface area (TPSA) is 0 Å². The number of hydrogen-bond acceptors (Lipinski definition) is 1. The lowest BCUT2D eigenvalue weighted by atomic mass is 10.1. The van der Waals surface area contributed by atoms with Crippen molar-refractivity contribution < 1.29 is 0 Å². The third kappa shape index (κ3) is 3.29. The maximum Gasteiger partial charge on any atom is 0.0443 e. The fourth-order valence-electron chi connectivity index (χ4n) is 1.39. The van der Waals surface area contributed by atoms with E-state index in [-0.39, 0.29) is 0 Å². The number of benzene rings is 1. The summed E-state index contributed by atoms with van der Waals surface area (Å²) in [6.07, 6.45) is 1.07. The first-order valence-electron chi connectivity index (χ1n) is 4.67. The van der Waals surface area contributed by atoms with Gasteiger partial charge in [-0.05, 0) is 58.2 Å². The summed E-state index contributed by atoms with van der Waals surface area (Å²) >= 11 is 7.88. The van der Waals surface area contributed by atoms with Crippen molar-refractivity contribution in [2.45, 2.75) is 11.2 Å². The summed E-state index contributed by atoms with van der Waals surface area (Å²) < 4.78 is 1.28. The van der Waals surface area contributed by atoms with Gasteiger partial charge in [-0.1, -0.05) is 34.1 Å². The zero-order chi connectivity index (χ0) is 10.7. The zero-order valence-corrected chi connectivity index (χ0v) is 12.6. The van der Waals surface area contributed by atoms with Crippen LogP contribution in [0, 0.1) is 3.57 Å². The molecule has 15 heavy (non-hydrogen) atoms. The Morgan fingerprint density at radius 1 is 1.20 bits per heavy atom. The van der Waals surface area contributed by atoms with Crippen molar-refractivity contribution >= 4 is 49.9 Å². The molecule has 1 aromatic carbocycles. The Bertz CT molecular complexity index is 408. The lowest BCUT2D eigenvalue weighted by molar-refractivity contribution is 0.968. The van der Waals surface area contributed by atoms with E-state index in [4.69, 9.17) is 0 Å². The van der Waals surface area contributed by atoms with Gasteiger partial charge in [-0.2, -0.15) is 0 Å². The van der Waals surface area contributed by atoms with Gasteiger partial charge in [-0.15, -0.1) is 11.3 Å². The Morgan fingerprint density at radius 3 is 2.53 bits per heavy atom. The van der Waals surface area contributed by atoms with Gasteiger partial charge in [0, 0.05) is 13.3 Å². The van der Waals surface area contributed by atoms with Crippen LogP contribution in [-0.2, 0) is 6.42 Å². The van der Waals surface area contributed by atoms with Crippen molar-refractivity contribution in [1.82, 2.24) is 0 Å². The first kappa shape index (κ1) is 11.6. The number of hydrogen-bond donors (Lipinski definition) is 0. The van der Waals surface area contributed by atoms with E-state index in [1.807, 2.05) is 11.3 Å². The average Bonchev–Trinajstić information content (AvgIpc) is 2.71. The maximum absolute atomic E-state index is 3.74. The van der Waals surface area contributed by atoms with Crippen LogP contribution in [0.3, 0.4) is 0 Å². The molecule has 0 spiro atoms. The van der Waals surface area contributed by atoms with Gasteiger partial charge < -0.3 is 0 Å². The minimum Gasteiger partial charge on any atom is -0.149 e. The van der Waals surface area contributed by atoms with E-state index in [0.29, 0.717) is 4.83 Å². The molecule has 0 saturated carbocycles. The molecule has 0 saturated heterocycles. The summed E-state index contributed by atoms with van der Waals surface area (Å²) in [6.45, 7) is 0. The Kier molecular flexibility index (Phi) is 4.22. The highest BCUT2D eigenvalue weighted by Crippen LogP contribution is 2.28. The summed E-state index contributed by atoms with van der Waals surface area (Å²) in [6, 6.07) is 13.0. The molecule has 2 rings (SSSR count). The van der Waals surface area contributed by atoms with Gasteiger partial charge in [-0.25, -0.2) is 0 Å². The highest BCUT2D eigenvalue weighted by molar-refractivity contribution is 14.1. The van der Waals surface area contributed by atoms with Crippen LogP contribution in [0.4, 0.5) is 0 Å². The number of halogens is 2. The molecule has 2 aromatic rings. The normalized spacial score (nSPS) is 12.7. The largest absolute Gasteiger partial charge is 0.149 e. The van der Waals surface area contributed by atoms with Crippen LogP contribution in [0.25, 0.3) is 0 Å². The molecule has 1 heterocycles. The van der Waals surface area contributed by atoms with Crippen LogP contribution in [0.2, 0.25) is 0 Å². The maximum atomic E-state index is 3.74. The number of rotatable bonds is 3. The lowest BCUT2D eigenvalue weighted by Gasteiger charge is -2.08. The Labute approximate surface area is 116 Å². The molecule has 1 unspecified atom stereocenters. The third-order valence-electron chi connectivity index (χ3n) is 2.19. The van der Waals surface area contributed by atoms with Crippen LogP contribution in [0.15, 0.2) is 41.8 Å². The number of alkyl halides is 1. The molecule has 78 valence electrons. The molecule has 1 aromatic heterocycles. The van der Waals surface area contributed by atoms with Crippen LogP contribution in [0.1, 0.15) is 15.3 Å². The number of thiophene rings is 1.